The number of carboxylic acids is 1. The number of hydrogen-bond donors (Lipinski definition) is 3. The minimum Gasteiger partial charge on any atom is -0.504 e. The van der Waals surface area contributed by atoms with Crippen LogP contribution in [0.4, 0.5) is 0 Å². The number of ether oxygens (including phenoxy) is 1. The van der Waals surface area contributed by atoms with Crippen molar-refractivity contribution in [1.82, 2.24) is 5.32 Å². The van der Waals surface area contributed by atoms with Gasteiger partial charge in [0.05, 0.1) is 6.61 Å². The third-order valence-electron chi connectivity index (χ3n) is 2.88. The Morgan fingerprint density at radius 2 is 2.10 bits per heavy atom. The SMILES string of the molecule is CCOc1cc(CNC(CC(C)C)C(=O)O)ccc1O. The molecule has 0 fully saturated rings. The van der Waals surface area contributed by atoms with E-state index in [9.17, 15) is 9.90 Å². The number of hydrogen-bond acceptors (Lipinski definition) is 4. The zero-order valence-corrected chi connectivity index (χ0v) is 12.2. The van der Waals surface area contributed by atoms with Crippen LogP contribution in [0, 0.1) is 5.92 Å². The van der Waals surface area contributed by atoms with Crippen LogP contribution < -0.4 is 10.1 Å². The molecule has 1 aromatic carbocycles. The van der Waals surface area contributed by atoms with E-state index in [2.05, 4.69) is 5.32 Å². The second-order valence-electron chi connectivity index (χ2n) is 5.14. The van der Waals surface area contributed by atoms with Crippen molar-refractivity contribution in [3.63, 3.8) is 0 Å². The number of carboxylic acid groups (broad SMARTS) is 1. The maximum atomic E-state index is 11.2. The maximum Gasteiger partial charge on any atom is 0.320 e. The first-order valence-electron chi connectivity index (χ1n) is 6.84. The fourth-order valence-electron chi connectivity index (χ4n) is 1.92. The Bertz CT molecular complexity index is 445. The molecule has 0 amide bonds. The number of rotatable bonds is 8. The van der Waals surface area contributed by atoms with Crippen LogP contribution in [0.15, 0.2) is 18.2 Å². The van der Waals surface area contributed by atoms with Crippen LogP contribution in [0.2, 0.25) is 0 Å². The molecule has 1 rings (SSSR count). The molecule has 0 radical (unpaired) electrons. The lowest BCUT2D eigenvalue weighted by Crippen LogP contribution is -2.37. The van der Waals surface area contributed by atoms with E-state index in [4.69, 9.17) is 9.84 Å². The van der Waals surface area contributed by atoms with Gasteiger partial charge in [0.1, 0.15) is 6.04 Å². The molecule has 20 heavy (non-hydrogen) atoms. The standard InChI is InChI=1S/C15H23NO4/c1-4-20-14-8-11(5-6-13(14)17)9-16-12(15(18)19)7-10(2)3/h5-6,8,10,12,16-17H,4,7,9H2,1-3H3,(H,18,19). The summed E-state index contributed by atoms with van der Waals surface area (Å²) in [6.45, 7) is 6.71. The highest BCUT2D eigenvalue weighted by atomic mass is 16.5. The topological polar surface area (TPSA) is 78.8 Å². The average molecular weight is 281 g/mol. The van der Waals surface area contributed by atoms with E-state index in [-0.39, 0.29) is 5.75 Å². The molecule has 0 saturated heterocycles. The summed E-state index contributed by atoms with van der Waals surface area (Å²) in [5.41, 5.74) is 0.876. The van der Waals surface area contributed by atoms with Gasteiger partial charge in [0.25, 0.3) is 0 Å². The van der Waals surface area contributed by atoms with Crippen molar-refractivity contribution >= 4 is 5.97 Å². The number of phenols is 1. The van der Waals surface area contributed by atoms with Gasteiger partial charge in [-0.15, -0.1) is 0 Å². The number of nitrogens with one attached hydrogen (secondary N) is 1. The van der Waals surface area contributed by atoms with Gasteiger partial charge < -0.3 is 20.3 Å². The maximum absolute atomic E-state index is 11.2. The highest BCUT2D eigenvalue weighted by molar-refractivity contribution is 5.73. The number of aromatic hydroxyl groups is 1. The molecule has 0 bridgehead atoms. The van der Waals surface area contributed by atoms with Crippen LogP contribution in [0.25, 0.3) is 0 Å². The fraction of sp³-hybridized carbons (Fsp3) is 0.533. The van der Waals surface area contributed by atoms with Gasteiger partial charge in [-0.05, 0) is 37.0 Å². The summed E-state index contributed by atoms with van der Waals surface area (Å²) in [7, 11) is 0. The van der Waals surface area contributed by atoms with Crippen LogP contribution in [0.3, 0.4) is 0 Å². The molecule has 0 spiro atoms. The summed E-state index contributed by atoms with van der Waals surface area (Å²) in [4.78, 5) is 11.2. The molecule has 1 atom stereocenters. The van der Waals surface area contributed by atoms with Crippen LogP contribution >= 0.6 is 0 Å². The quantitative estimate of drug-likeness (QED) is 0.682. The Morgan fingerprint density at radius 1 is 1.40 bits per heavy atom. The summed E-state index contributed by atoms with van der Waals surface area (Å²) in [5, 5.41) is 21.8. The molecule has 1 aromatic rings. The summed E-state index contributed by atoms with van der Waals surface area (Å²) < 4.78 is 5.30. The molecule has 0 aromatic heterocycles. The molecular formula is C15H23NO4. The van der Waals surface area contributed by atoms with Crippen molar-refractivity contribution in [3.8, 4) is 11.5 Å². The van der Waals surface area contributed by atoms with E-state index in [1.165, 1.54) is 0 Å². The first kappa shape index (κ1) is 16.3. The second kappa shape index (κ2) is 7.75. The Kier molecular flexibility index (Phi) is 6.31. The van der Waals surface area contributed by atoms with E-state index in [1.807, 2.05) is 20.8 Å². The van der Waals surface area contributed by atoms with E-state index in [0.29, 0.717) is 31.2 Å². The van der Waals surface area contributed by atoms with Crippen molar-refractivity contribution in [1.29, 1.82) is 0 Å². The van der Waals surface area contributed by atoms with E-state index < -0.39 is 12.0 Å². The minimum absolute atomic E-state index is 0.0903. The number of benzene rings is 1. The van der Waals surface area contributed by atoms with Crippen molar-refractivity contribution < 1.29 is 19.7 Å². The highest BCUT2D eigenvalue weighted by Crippen LogP contribution is 2.26. The third-order valence-corrected chi connectivity index (χ3v) is 2.88. The first-order valence-corrected chi connectivity index (χ1v) is 6.84. The number of aliphatic carboxylic acids is 1. The van der Waals surface area contributed by atoms with Crippen molar-refractivity contribution in [2.45, 2.75) is 39.8 Å². The normalized spacial score (nSPS) is 12.4. The number of phenolic OH excluding ortho intramolecular Hbond substituents is 1. The van der Waals surface area contributed by atoms with Gasteiger partial charge in [0.15, 0.2) is 11.5 Å². The minimum atomic E-state index is -0.845. The van der Waals surface area contributed by atoms with Gasteiger partial charge in [-0.1, -0.05) is 19.9 Å². The Balaban J connectivity index is 2.67. The highest BCUT2D eigenvalue weighted by Gasteiger charge is 2.18. The Morgan fingerprint density at radius 3 is 2.65 bits per heavy atom. The van der Waals surface area contributed by atoms with Crippen LogP contribution in [-0.2, 0) is 11.3 Å². The van der Waals surface area contributed by atoms with E-state index in [1.54, 1.807) is 18.2 Å². The van der Waals surface area contributed by atoms with Gasteiger partial charge in [0, 0.05) is 6.54 Å². The van der Waals surface area contributed by atoms with Gasteiger partial charge in [-0.25, -0.2) is 0 Å². The molecule has 5 heteroatoms. The Hall–Kier alpha value is -1.75. The zero-order valence-electron chi connectivity index (χ0n) is 12.2. The zero-order chi connectivity index (χ0) is 15.1. The smallest absolute Gasteiger partial charge is 0.320 e. The molecule has 5 nitrogen and oxygen atoms in total. The lowest BCUT2D eigenvalue weighted by atomic mass is 10.0. The molecule has 0 heterocycles. The van der Waals surface area contributed by atoms with Gasteiger partial charge >= 0.3 is 5.97 Å². The molecule has 0 aliphatic rings. The Labute approximate surface area is 119 Å². The molecule has 0 aliphatic heterocycles. The summed E-state index contributed by atoms with van der Waals surface area (Å²) in [6, 6.07) is 4.46. The van der Waals surface area contributed by atoms with Crippen molar-refractivity contribution in [3.05, 3.63) is 23.8 Å². The molecule has 1 unspecified atom stereocenters. The average Bonchev–Trinajstić information content (AvgIpc) is 2.37. The first-order chi connectivity index (χ1) is 9.43. The van der Waals surface area contributed by atoms with Gasteiger partial charge in [-0.3, -0.25) is 4.79 Å². The van der Waals surface area contributed by atoms with E-state index in [0.717, 1.165) is 5.56 Å². The molecule has 112 valence electrons. The lowest BCUT2D eigenvalue weighted by molar-refractivity contribution is -0.140. The predicted molar refractivity (Wildman–Crippen MR) is 77.0 cm³/mol. The monoisotopic (exact) mass is 281 g/mol. The second-order valence-corrected chi connectivity index (χ2v) is 5.14. The summed E-state index contributed by atoms with van der Waals surface area (Å²) in [5.74, 6) is -0.0278. The van der Waals surface area contributed by atoms with Gasteiger partial charge in [-0.2, -0.15) is 0 Å². The van der Waals surface area contributed by atoms with Crippen molar-refractivity contribution in [2.24, 2.45) is 5.92 Å². The van der Waals surface area contributed by atoms with Crippen LogP contribution in [-0.4, -0.2) is 28.8 Å². The molecule has 3 N–H and O–H groups in total. The summed E-state index contributed by atoms with van der Waals surface area (Å²) >= 11 is 0. The fourth-order valence-corrected chi connectivity index (χ4v) is 1.92. The lowest BCUT2D eigenvalue weighted by Gasteiger charge is -2.17. The third kappa shape index (κ3) is 5.09. The molecule has 0 aliphatic carbocycles. The molecule has 0 saturated carbocycles. The predicted octanol–water partition coefficient (Wildman–Crippen LogP) is 2.38. The summed E-state index contributed by atoms with van der Waals surface area (Å²) in [6.07, 6.45) is 0.575. The molecular weight excluding hydrogens is 258 g/mol. The largest absolute Gasteiger partial charge is 0.504 e. The van der Waals surface area contributed by atoms with Gasteiger partial charge in [0.2, 0.25) is 0 Å². The number of carbonyl (C=O) groups is 1. The van der Waals surface area contributed by atoms with E-state index >= 15 is 0 Å². The van der Waals surface area contributed by atoms with Crippen LogP contribution in [0.1, 0.15) is 32.8 Å². The van der Waals surface area contributed by atoms with Crippen LogP contribution in [0.5, 0.6) is 11.5 Å². The van der Waals surface area contributed by atoms with Crippen molar-refractivity contribution in [2.75, 3.05) is 6.61 Å².